The van der Waals surface area contributed by atoms with Gasteiger partial charge in [0.05, 0.1) is 0 Å². The lowest BCUT2D eigenvalue weighted by atomic mass is 9.96. The molecule has 0 saturated carbocycles. The summed E-state index contributed by atoms with van der Waals surface area (Å²) in [5, 5.41) is 7.93. The Bertz CT molecular complexity index is 678. The summed E-state index contributed by atoms with van der Waals surface area (Å²) in [4.78, 5) is 14.2. The third kappa shape index (κ3) is 3.94. The molecule has 0 spiro atoms. The minimum Gasteiger partial charge on any atom is -0.425 e. The van der Waals surface area contributed by atoms with Crippen LogP contribution in [0.5, 0.6) is 0 Å². The summed E-state index contributed by atoms with van der Waals surface area (Å²) in [6, 6.07) is 6.42. The number of likely N-dealkylation sites (tertiary alicyclic amines) is 1. The Balaban J connectivity index is 1.48. The summed E-state index contributed by atoms with van der Waals surface area (Å²) in [6.45, 7) is 3.18. The monoisotopic (exact) mass is 317 g/mol. The van der Waals surface area contributed by atoms with E-state index in [0.29, 0.717) is 37.7 Å². The lowest BCUT2D eigenvalue weighted by Gasteiger charge is -2.30. The van der Waals surface area contributed by atoms with Gasteiger partial charge in [0, 0.05) is 32.4 Å². The van der Waals surface area contributed by atoms with Crippen molar-refractivity contribution >= 4 is 5.91 Å². The normalized spacial score (nSPS) is 15.8. The van der Waals surface area contributed by atoms with Crippen LogP contribution in [0.25, 0.3) is 0 Å². The van der Waals surface area contributed by atoms with Crippen molar-refractivity contribution in [3.63, 3.8) is 0 Å². The molecule has 2 heterocycles. The highest BCUT2D eigenvalue weighted by Crippen LogP contribution is 2.27. The van der Waals surface area contributed by atoms with Crippen LogP contribution in [0.2, 0.25) is 0 Å². The van der Waals surface area contributed by atoms with Crippen molar-refractivity contribution in [3.05, 3.63) is 47.4 Å². The summed E-state index contributed by atoms with van der Waals surface area (Å²) >= 11 is 0. The average molecular weight is 317 g/mol. The molecule has 0 N–H and O–H groups in total. The number of carbonyl (C=O) groups excluding carboxylic acids is 1. The number of carbonyl (C=O) groups is 1. The van der Waals surface area contributed by atoms with Gasteiger partial charge < -0.3 is 9.32 Å². The van der Waals surface area contributed by atoms with Crippen molar-refractivity contribution in [2.75, 3.05) is 13.1 Å². The van der Waals surface area contributed by atoms with Gasteiger partial charge in [-0.3, -0.25) is 4.79 Å². The Labute approximate surface area is 134 Å². The number of aryl methyl sites for hydroxylation is 2. The molecule has 23 heavy (non-hydrogen) atoms. The second kappa shape index (κ2) is 6.89. The van der Waals surface area contributed by atoms with E-state index in [0.717, 1.165) is 18.4 Å². The van der Waals surface area contributed by atoms with Crippen LogP contribution in [0.3, 0.4) is 0 Å². The van der Waals surface area contributed by atoms with Crippen LogP contribution < -0.4 is 0 Å². The molecule has 1 aromatic heterocycles. The maximum absolute atomic E-state index is 13.1. The highest BCUT2D eigenvalue weighted by Gasteiger charge is 2.26. The van der Waals surface area contributed by atoms with E-state index in [1.54, 1.807) is 13.0 Å². The van der Waals surface area contributed by atoms with E-state index in [4.69, 9.17) is 4.42 Å². The standard InChI is InChI=1S/C17H20FN3O2/c1-12-19-20-17(23-12)14-7-9-21(10-8-14)16(22)6-5-13-3-2-4-15(18)11-13/h2-4,11,14H,5-10H2,1H3. The van der Waals surface area contributed by atoms with Gasteiger partial charge >= 0.3 is 0 Å². The van der Waals surface area contributed by atoms with Gasteiger partial charge in [0.2, 0.25) is 17.7 Å². The van der Waals surface area contributed by atoms with Crippen molar-refractivity contribution in [1.82, 2.24) is 15.1 Å². The molecule has 0 aliphatic carbocycles. The van der Waals surface area contributed by atoms with Gasteiger partial charge in [-0.2, -0.15) is 0 Å². The zero-order valence-corrected chi connectivity index (χ0v) is 13.2. The lowest BCUT2D eigenvalue weighted by Crippen LogP contribution is -2.38. The van der Waals surface area contributed by atoms with Crippen molar-refractivity contribution in [2.45, 2.75) is 38.5 Å². The molecule has 2 aromatic rings. The third-order valence-electron chi connectivity index (χ3n) is 4.26. The smallest absolute Gasteiger partial charge is 0.222 e. The zero-order chi connectivity index (χ0) is 16.2. The number of amides is 1. The summed E-state index contributed by atoms with van der Waals surface area (Å²) in [6.07, 6.45) is 2.66. The largest absolute Gasteiger partial charge is 0.425 e. The molecule has 0 atom stereocenters. The molecule has 122 valence electrons. The first-order valence-corrected chi connectivity index (χ1v) is 7.94. The van der Waals surface area contributed by atoms with Crippen molar-refractivity contribution in [2.24, 2.45) is 0 Å². The van der Waals surface area contributed by atoms with Crippen LogP contribution in [0, 0.1) is 12.7 Å². The molecule has 0 unspecified atom stereocenters. The SMILES string of the molecule is Cc1nnc(C2CCN(C(=O)CCc3cccc(F)c3)CC2)o1. The first-order chi connectivity index (χ1) is 11.1. The fourth-order valence-corrected chi connectivity index (χ4v) is 2.95. The Morgan fingerprint density at radius 3 is 2.78 bits per heavy atom. The minimum absolute atomic E-state index is 0.120. The van der Waals surface area contributed by atoms with E-state index in [1.807, 2.05) is 11.0 Å². The third-order valence-corrected chi connectivity index (χ3v) is 4.26. The number of benzene rings is 1. The Hall–Kier alpha value is -2.24. The highest BCUT2D eigenvalue weighted by molar-refractivity contribution is 5.76. The molecular weight excluding hydrogens is 297 g/mol. The van der Waals surface area contributed by atoms with Crippen LogP contribution in [0.15, 0.2) is 28.7 Å². The van der Waals surface area contributed by atoms with Gasteiger partial charge in [-0.1, -0.05) is 12.1 Å². The maximum Gasteiger partial charge on any atom is 0.222 e. The van der Waals surface area contributed by atoms with E-state index in [9.17, 15) is 9.18 Å². The second-order valence-corrected chi connectivity index (χ2v) is 5.94. The Morgan fingerprint density at radius 1 is 1.35 bits per heavy atom. The average Bonchev–Trinajstić information content (AvgIpc) is 2.99. The zero-order valence-electron chi connectivity index (χ0n) is 13.2. The molecule has 1 aromatic carbocycles. The molecule has 1 fully saturated rings. The summed E-state index contributed by atoms with van der Waals surface area (Å²) in [7, 11) is 0. The number of nitrogens with zero attached hydrogens (tertiary/aromatic N) is 3. The van der Waals surface area contributed by atoms with Gasteiger partial charge in [-0.15, -0.1) is 10.2 Å². The number of rotatable bonds is 4. The van der Waals surface area contributed by atoms with E-state index >= 15 is 0 Å². The molecule has 1 aliphatic rings. The van der Waals surface area contributed by atoms with Crippen molar-refractivity contribution < 1.29 is 13.6 Å². The van der Waals surface area contributed by atoms with Crippen molar-refractivity contribution in [1.29, 1.82) is 0 Å². The molecule has 1 saturated heterocycles. The molecule has 0 radical (unpaired) electrons. The minimum atomic E-state index is -0.259. The van der Waals surface area contributed by atoms with Crippen LogP contribution in [-0.2, 0) is 11.2 Å². The van der Waals surface area contributed by atoms with E-state index in [2.05, 4.69) is 10.2 Å². The number of aromatic nitrogens is 2. The van der Waals surface area contributed by atoms with E-state index in [-0.39, 0.29) is 17.6 Å². The van der Waals surface area contributed by atoms with Crippen LogP contribution in [0.1, 0.15) is 42.5 Å². The highest BCUT2D eigenvalue weighted by atomic mass is 19.1. The number of halogens is 1. The first-order valence-electron chi connectivity index (χ1n) is 7.94. The predicted molar refractivity (Wildman–Crippen MR) is 82.3 cm³/mol. The molecule has 0 bridgehead atoms. The molecule has 3 rings (SSSR count). The first kappa shape index (κ1) is 15.6. The maximum atomic E-state index is 13.1. The molecular formula is C17H20FN3O2. The van der Waals surface area contributed by atoms with Crippen LogP contribution in [-0.4, -0.2) is 34.1 Å². The Morgan fingerprint density at radius 2 is 2.13 bits per heavy atom. The van der Waals surface area contributed by atoms with Gasteiger partial charge in [-0.05, 0) is 37.0 Å². The fourth-order valence-electron chi connectivity index (χ4n) is 2.95. The van der Waals surface area contributed by atoms with Gasteiger partial charge in [0.25, 0.3) is 0 Å². The fraction of sp³-hybridized carbons (Fsp3) is 0.471. The van der Waals surface area contributed by atoms with E-state index < -0.39 is 0 Å². The number of piperidine rings is 1. The predicted octanol–water partition coefficient (Wildman–Crippen LogP) is 2.86. The lowest BCUT2D eigenvalue weighted by molar-refractivity contribution is -0.132. The Kier molecular flexibility index (Phi) is 4.69. The van der Waals surface area contributed by atoms with Crippen LogP contribution >= 0.6 is 0 Å². The molecule has 6 heteroatoms. The molecule has 1 aliphatic heterocycles. The second-order valence-electron chi connectivity index (χ2n) is 5.94. The van der Waals surface area contributed by atoms with Crippen molar-refractivity contribution in [3.8, 4) is 0 Å². The molecule has 5 nitrogen and oxygen atoms in total. The summed E-state index contributed by atoms with van der Waals surface area (Å²) in [5.41, 5.74) is 0.856. The van der Waals surface area contributed by atoms with Crippen LogP contribution in [0.4, 0.5) is 4.39 Å². The topological polar surface area (TPSA) is 59.2 Å². The molecule has 1 amide bonds. The number of hydrogen-bond acceptors (Lipinski definition) is 4. The van der Waals surface area contributed by atoms with Gasteiger partial charge in [-0.25, -0.2) is 4.39 Å². The van der Waals surface area contributed by atoms with E-state index in [1.165, 1.54) is 12.1 Å². The van der Waals surface area contributed by atoms with Gasteiger partial charge in [0.15, 0.2) is 0 Å². The van der Waals surface area contributed by atoms with Gasteiger partial charge in [0.1, 0.15) is 5.82 Å². The number of hydrogen-bond donors (Lipinski definition) is 0. The summed E-state index contributed by atoms with van der Waals surface area (Å²) < 4.78 is 18.6. The summed E-state index contributed by atoms with van der Waals surface area (Å²) in [5.74, 6) is 1.35. The quantitative estimate of drug-likeness (QED) is 0.870.